The molecule has 4 aromatic rings. The molecule has 2 aliphatic rings. The maximum Gasteiger partial charge on any atom is 0.291 e. The summed E-state index contributed by atoms with van der Waals surface area (Å²) in [5, 5.41) is 0.437. The summed E-state index contributed by atoms with van der Waals surface area (Å²) in [4.78, 5) is 44.8. The predicted octanol–water partition coefficient (Wildman–Crippen LogP) is 5.02. The SMILES string of the molecule is C=CCN1C(=O)c2oc3ccc(F)cc3c(=O)c2C12C(=O)N(Cc1ccccc1Cl)c1ccccc12. The van der Waals surface area contributed by atoms with Gasteiger partial charge in [0.25, 0.3) is 11.8 Å². The Kier molecular flexibility index (Phi) is 4.88. The molecule has 2 aliphatic heterocycles. The number of carbonyl (C=O) groups excluding carboxylic acids is 2. The summed E-state index contributed by atoms with van der Waals surface area (Å²) in [5.41, 5.74) is -0.781. The molecule has 0 fully saturated rings. The van der Waals surface area contributed by atoms with Gasteiger partial charge in [-0.15, -0.1) is 6.58 Å². The zero-order chi connectivity index (χ0) is 25.2. The minimum absolute atomic E-state index is 0.0206. The molecule has 0 radical (unpaired) electrons. The molecule has 6 nitrogen and oxygen atoms in total. The van der Waals surface area contributed by atoms with E-state index in [1.807, 2.05) is 12.1 Å². The average molecular weight is 501 g/mol. The molecule has 0 saturated heterocycles. The van der Waals surface area contributed by atoms with Gasteiger partial charge in [0.1, 0.15) is 11.4 Å². The van der Waals surface area contributed by atoms with Crippen molar-refractivity contribution in [3.05, 3.63) is 123 Å². The molecule has 1 unspecified atom stereocenters. The van der Waals surface area contributed by atoms with Gasteiger partial charge < -0.3 is 14.2 Å². The minimum Gasteiger partial charge on any atom is -0.450 e. The van der Waals surface area contributed by atoms with E-state index in [9.17, 15) is 18.8 Å². The Hall–Kier alpha value is -4.23. The van der Waals surface area contributed by atoms with Crippen LogP contribution in [0.4, 0.5) is 10.1 Å². The molecular weight excluding hydrogens is 483 g/mol. The van der Waals surface area contributed by atoms with Crippen LogP contribution in [0.1, 0.15) is 27.2 Å². The van der Waals surface area contributed by atoms with Crippen molar-refractivity contribution in [3.8, 4) is 0 Å². The number of fused-ring (bicyclic) bond motifs is 5. The molecule has 36 heavy (non-hydrogen) atoms. The first-order valence-corrected chi connectivity index (χ1v) is 11.6. The maximum absolute atomic E-state index is 14.5. The van der Waals surface area contributed by atoms with Crippen molar-refractivity contribution in [2.75, 3.05) is 11.4 Å². The number of halogens is 2. The van der Waals surface area contributed by atoms with Crippen molar-refractivity contribution < 1.29 is 18.4 Å². The number of benzene rings is 3. The highest BCUT2D eigenvalue weighted by atomic mass is 35.5. The van der Waals surface area contributed by atoms with E-state index in [0.717, 1.165) is 12.1 Å². The van der Waals surface area contributed by atoms with E-state index in [-0.39, 0.29) is 35.4 Å². The first-order chi connectivity index (χ1) is 17.4. The second-order valence-electron chi connectivity index (χ2n) is 8.69. The van der Waals surface area contributed by atoms with E-state index in [2.05, 4.69) is 6.58 Å². The highest BCUT2D eigenvalue weighted by Crippen LogP contribution is 2.52. The van der Waals surface area contributed by atoms with Crippen LogP contribution in [0.15, 0.2) is 88.6 Å². The van der Waals surface area contributed by atoms with Crippen LogP contribution in [0.3, 0.4) is 0 Å². The van der Waals surface area contributed by atoms with E-state index in [1.54, 1.807) is 36.4 Å². The Morgan fingerprint density at radius 2 is 1.78 bits per heavy atom. The monoisotopic (exact) mass is 500 g/mol. The lowest BCUT2D eigenvalue weighted by molar-refractivity contribution is -0.126. The van der Waals surface area contributed by atoms with E-state index < -0.39 is 28.6 Å². The lowest BCUT2D eigenvalue weighted by Gasteiger charge is -2.33. The molecule has 6 rings (SSSR count). The number of nitrogens with zero attached hydrogens (tertiary/aromatic N) is 2. The van der Waals surface area contributed by atoms with Crippen molar-refractivity contribution in [2.45, 2.75) is 12.1 Å². The Labute approximate surface area is 209 Å². The number of anilines is 1. The van der Waals surface area contributed by atoms with Crippen LogP contribution in [0.5, 0.6) is 0 Å². The van der Waals surface area contributed by atoms with Crippen LogP contribution in [0.2, 0.25) is 5.02 Å². The lowest BCUT2D eigenvalue weighted by Crippen LogP contribution is -2.53. The predicted molar refractivity (Wildman–Crippen MR) is 134 cm³/mol. The van der Waals surface area contributed by atoms with Crippen molar-refractivity contribution >= 4 is 40.1 Å². The Morgan fingerprint density at radius 1 is 1.03 bits per heavy atom. The largest absolute Gasteiger partial charge is 0.450 e. The van der Waals surface area contributed by atoms with E-state index in [4.69, 9.17) is 16.0 Å². The fourth-order valence-corrected chi connectivity index (χ4v) is 5.49. The summed E-state index contributed by atoms with van der Waals surface area (Å²) in [6, 6.07) is 17.6. The van der Waals surface area contributed by atoms with Crippen LogP contribution in [0, 0.1) is 5.82 Å². The third-order valence-electron chi connectivity index (χ3n) is 6.80. The quantitative estimate of drug-likeness (QED) is 0.369. The maximum atomic E-state index is 14.5. The van der Waals surface area contributed by atoms with Gasteiger partial charge in [0, 0.05) is 17.1 Å². The summed E-state index contributed by atoms with van der Waals surface area (Å²) >= 11 is 6.40. The van der Waals surface area contributed by atoms with Crippen LogP contribution in [0.25, 0.3) is 11.0 Å². The van der Waals surface area contributed by atoms with Gasteiger partial charge in [0.15, 0.2) is 11.0 Å². The second-order valence-corrected chi connectivity index (χ2v) is 9.10. The van der Waals surface area contributed by atoms with Crippen LogP contribution in [-0.2, 0) is 16.9 Å². The van der Waals surface area contributed by atoms with Crippen LogP contribution < -0.4 is 10.3 Å². The van der Waals surface area contributed by atoms with Crippen molar-refractivity contribution in [1.29, 1.82) is 0 Å². The molecule has 0 saturated carbocycles. The Balaban J connectivity index is 1.67. The molecule has 8 heteroatoms. The summed E-state index contributed by atoms with van der Waals surface area (Å²) in [7, 11) is 0. The van der Waals surface area contributed by atoms with Crippen LogP contribution in [-0.4, -0.2) is 23.3 Å². The second kappa shape index (κ2) is 7.90. The molecule has 1 atom stereocenters. The van der Waals surface area contributed by atoms with Gasteiger partial charge in [0.2, 0.25) is 5.76 Å². The van der Waals surface area contributed by atoms with E-state index >= 15 is 0 Å². The topological polar surface area (TPSA) is 70.8 Å². The summed E-state index contributed by atoms with van der Waals surface area (Å²) < 4.78 is 20.0. The first-order valence-electron chi connectivity index (χ1n) is 11.2. The standard InChI is InChI=1S/C28H18ClFN2O4/c1-2-13-32-26(34)25-23(24(33)18-14-17(30)11-12-22(18)36-25)28(32)19-8-4-6-10-21(19)31(27(28)35)15-16-7-3-5-9-20(16)29/h2-12,14H,1,13,15H2. The zero-order valence-electron chi connectivity index (χ0n) is 18.8. The first kappa shape index (κ1) is 22.2. The molecule has 2 amide bonds. The normalized spacial score (nSPS) is 18.3. The number of para-hydroxylation sites is 1. The molecule has 0 aliphatic carbocycles. The summed E-state index contributed by atoms with van der Waals surface area (Å²) in [6.07, 6.45) is 1.49. The average Bonchev–Trinajstić information content (AvgIpc) is 3.26. The fraction of sp³-hybridized carbons (Fsp3) is 0.107. The molecule has 0 N–H and O–H groups in total. The fourth-order valence-electron chi connectivity index (χ4n) is 5.30. The van der Waals surface area contributed by atoms with Crippen molar-refractivity contribution in [2.24, 2.45) is 0 Å². The Bertz CT molecular complexity index is 1680. The van der Waals surface area contributed by atoms with Gasteiger partial charge in [0.05, 0.1) is 23.2 Å². The van der Waals surface area contributed by atoms with Gasteiger partial charge in [-0.1, -0.05) is 54.1 Å². The number of rotatable bonds is 4. The summed E-state index contributed by atoms with van der Waals surface area (Å²) in [6.45, 7) is 3.85. The molecule has 178 valence electrons. The van der Waals surface area contributed by atoms with Gasteiger partial charge in [-0.2, -0.15) is 0 Å². The van der Waals surface area contributed by atoms with Gasteiger partial charge in [-0.3, -0.25) is 14.4 Å². The van der Waals surface area contributed by atoms with Gasteiger partial charge in [-0.05, 0) is 35.9 Å². The van der Waals surface area contributed by atoms with Gasteiger partial charge in [-0.25, -0.2) is 4.39 Å². The number of amides is 2. The van der Waals surface area contributed by atoms with Crippen molar-refractivity contribution in [3.63, 3.8) is 0 Å². The van der Waals surface area contributed by atoms with E-state index in [1.165, 1.54) is 21.9 Å². The highest BCUT2D eigenvalue weighted by molar-refractivity contribution is 6.31. The molecule has 0 bridgehead atoms. The number of hydrogen-bond acceptors (Lipinski definition) is 4. The summed E-state index contributed by atoms with van der Waals surface area (Å²) in [5.74, 6) is -1.98. The van der Waals surface area contributed by atoms with Gasteiger partial charge >= 0.3 is 0 Å². The molecule has 1 aromatic heterocycles. The number of hydrogen-bond donors (Lipinski definition) is 0. The molecule has 3 heterocycles. The third kappa shape index (κ3) is 2.80. The number of carbonyl (C=O) groups is 2. The molecule has 1 spiro atoms. The minimum atomic E-state index is -1.79. The molecule has 3 aromatic carbocycles. The van der Waals surface area contributed by atoms with Crippen molar-refractivity contribution in [1.82, 2.24) is 4.90 Å². The Morgan fingerprint density at radius 3 is 2.56 bits per heavy atom. The molecular formula is C28H18ClFN2O4. The van der Waals surface area contributed by atoms with Crippen LogP contribution >= 0.6 is 11.6 Å². The zero-order valence-corrected chi connectivity index (χ0v) is 19.6. The van der Waals surface area contributed by atoms with E-state index in [0.29, 0.717) is 21.8 Å². The lowest BCUT2D eigenvalue weighted by atomic mass is 9.84. The third-order valence-corrected chi connectivity index (χ3v) is 7.16. The smallest absolute Gasteiger partial charge is 0.291 e. The highest BCUT2D eigenvalue weighted by Gasteiger charge is 2.64.